The molecule has 0 heterocycles. The Hall–Kier alpha value is -1.91. The molecule has 0 unspecified atom stereocenters. The fraction of sp³-hybridized carbons (Fsp3) is 0.188. The quantitative estimate of drug-likeness (QED) is 0.891. The number of carbonyl (C=O) groups excluding carboxylic acids is 1. The monoisotopic (exact) mass is 306 g/mol. The standard InChI is InChI=1S/C16H16ClFN2O/c1-19-16(21)12-7-5-11(6-8-12)9-20-10-13-3-2-4-14(17)15(13)18/h2-8,20H,9-10H2,1H3,(H,19,21). The second-order valence-electron chi connectivity index (χ2n) is 4.59. The first-order valence-corrected chi connectivity index (χ1v) is 6.94. The molecule has 5 heteroatoms. The first-order valence-electron chi connectivity index (χ1n) is 6.56. The van der Waals surface area contributed by atoms with E-state index in [1.54, 1.807) is 31.3 Å². The molecule has 1 amide bonds. The lowest BCUT2D eigenvalue weighted by atomic mass is 10.1. The van der Waals surface area contributed by atoms with Gasteiger partial charge in [-0.3, -0.25) is 4.79 Å². The fourth-order valence-electron chi connectivity index (χ4n) is 1.94. The number of rotatable bonds is 5. The first-order chi connectivity index (χ1) is 10.1. The molecule has 0 fully saturated rings. The molecule has 2 rings (SSSR count). The van der Waals surface area contributed by atoms with E-state index in [4.69, 9.17) is 11.6 Å². The highest BCUT2D eigenvalue weighted by atomic mass is 35.5. The highest BCUT2D eigenvalue weighted by Crippen LogP contribution is 2.17. The minimum absolute atomic E-state index is 0.115. The lowest BCUT2D eigenvalue weighted by Crippen LogP contribution is -2.18. The van der Waals surface area contributed by atoms with Gasteiger partial charge in [-0.2, -0.15) is 0 Å². The van der Waals surface area contributed by atoms with Crippen molar-refractivity contribution in [3.05, 3.63) is 70.0 Å². The van der Waals surface area contributed by atoms with Gasteiger partial charge in [0.15, 0.2) is 0 Å². The van der Waals surface area contributed by atoms with Crippen molar-refractivity contribution in [3.63, 3.8) is 0 Å². The molecule has 110 valence electrons. The number of carbonyl (C=O) groups is 1. The molecule has 0 saturated carbocycles. The van der Waals surface area contributed by atoms with Gasteiger partial charge in [0.25, 0.3) is 5.91 Å². The van der Waals surface area contributed by atoms with E-state index in [1.165, 1.54) is 6.07 Å². The van der Waals surface area contributed by atoms with Crippen molar-refractivity contribution in [3.8, 4) is 0 Å². The minimum atomic E-state index is -0.387. The van der Waals surface area contributed by atoms with Gasteiger partial charge in [0, 0.05) is 31.3 Å². The van der Waals surface area contributed by atoms with Crippen LogP contribution in [0.15, 0.2) is 42.5 Å². The molecular weight excluding hydrogens is 291 g/mol. The molecule has 0 spiro atoms. The van der Waals surface area contributed by atoms with Crippen molar-refractivity contribution in [2.45, 2.75) is 13.1 Å². The van der Waals surface area contributed by atoms with Crippen LogP contribution >= 0.6 is 11.6 Å². The maximum absolute atomic E-state index is 13.7. The van der Waals surface area contributed by atoms with Gasteiger partial charge in [0.05, 0.1) is 5.02 Å². The van der Waals surface area contributed by atoms with Gasteiger partial charge in [0.2, 0.25) is 0 Å². The number of hydrogen-bond donors (Lipinski definition) is 2. The Morgan fingerprint density at radius 1 is 1.14 bits per heavy atom. The number of nitrogens with one attached hydrogen (secondary N) is 2. The van der Waals surface area contributed by atoms with Gasteiger partial charge in [-0.1, -0.05) is 35.9 Å². The predicted molar refractivity (Wildman–Crippen MR) is 81.8 cm³/mol. The number of hydrogen-bond acceptors (Lipinski definition) is 2. The molecule has 0 saturated heterocycles. The average Bonchev–Trinajstić information content (AvgIpc) is 2.51. The molecule has 0 aromatic heterocycles. The Bertz CT molecular complexity index is 629. The zero-order valence-corrected chi connectivity index (χ0v) is 12.4. The van der Waals surface area contributed by atoms with Crippen LogP contribution in [-0.4, -0.2) is 13.0 Å². The highest BCUT2D eigenvalue weighted by Gasteiger charge is 2.06. The Kier molecular flexibility index (Phi) is 5.31. The van der Waals surface area contributed by atoms with Gasteiger partial charge in [0.1, 0.15) is 5.82 Å². The summed E-state index contributed by atoms with van der Waals surface area (Å²) in [6.45, 7) is 0.976. The molecule has 0 aliphatic rings. The molecule has 21 heavy (non-hydrogen) atoms. The summed E-state index contributed by atoms with van der Waals surface area (Å²) in [6.07, 6.45) is 0. The number of benzene rings is 2. The van der Waals surface area contributed by atoms with Crippen molar-refractivity contribution in [2.24, 2.45) is 0 Å². The Morgan fingerprint density at radius 2 is 1.86 bits per heavy atom. The Balaban J connectivity index is 1.91. The van der Waals surface area contributed by atoms with E-state index in [0.717, 1.165) is 5.56 Å². The SMILES string of the molecule is CNC(=O)c1ccc(CNCc2cccc(Cl)c2F)cc1. The maximum atomic E-state index is 13.7. The lowest BCUT2D eigenvalue weighted by molar-refractivity contribution is 0.0963. The summed E-state index contributed by atoms with van der Waals surface area (Å²) in [5.74, 6) is -0.503. The van der Waals surface area contributed by atoms with E-state index in [9.17, 15) is 9.18 Å². The second kappa shape index (κ2) is 7.20. The van der Waals surface area contributed by atoms with Crippen LogP contribution < -0.4 is 10.6 Å². The van der Waals surface area contributed by atoms with E-state index in [0.29, 0.717) is 24.2 Å². The van der Waals surface area contributed by atoms with Crippen LogP contribution in [0.1, 0.15) is 21.5 Å². The summed E-state index contributed by atoms with van der Waals surface area (Å²) in [6, 6.07) is 12.2. The lowest BCUT2D eigenvalue weighted by Gasteiger charge is -2.07. The zero-order valence-electron chi connectivity index (χ0n) is 11.6. The molecule has 3 nitrogen and oxygen atoms in total. The summed E-state index contributed by atoms with van der Waals surface area (Å²) in [5.41, 5.74) is 2.16. The van der Waals surface area contributed by atoms with Crippen molar-refractivity contribution in [2.75, 3.05) is 7.05 Å². The third kappa shape index (κ3) is 4.03. The molecule has 2 aromatic rings. The summed E-state index contributed by atoms with van der Waals surface area (Å²) < 4.78 is 13.7. The molecule has 0 aliphatic heterocycles. The van der Waals surface area contributed by atoms with E-state index >= 15 is 0 Å². The Labute approximate surface area is 128 Å². The fourth-order valence-corrected chi connectivity index (χ4v) is 2.14. The van der Waals surface area contributed by atoms with Crippen molar-refractivity contribution < 1.29 is 9.18 Å². The second-order valence-corrected chi connectivity index (χ2v) is 5.00. The molecule has 0 atom stereocenters. The summed E-state index contributed by atoms with van der Waals surface area (Å²) in [5, 5.41) is 5.85. The number of amides is 1. The van der Waals surface area contributed by atoms with E-state index in [2.05, 4.69) is 10.6 Å². The molecule has 0 bridgehead atoms. The molecule has 2 aromatic carbocycles. The molecule has 2 N–H and O–H groups in total. The normalized spacial score (nSPS) is 10.4. The van der Waals surface area contributed by atoms with Crippen LogP contribution in [0.2, 0.25) is 5.02 Å². The predicted octanol–water partition coefficient (Wildman–Crippen LogP) is 3.13. The van der Waals surface area contributed by atoms with Gasteiger partial charge in [-0.05, 0) is 23.8 Å². The van der Waals surface area contributed by atoms with Crippen LogP contribution in [-0.2, 0) is 13.1 Å². The van der Waals surface area contributed by atoms with Crippen molar-refractivity contribution >= 4 is 17.5 Å². The van der Waals surface area contributed by atoms with Crippen LogP contribution in [0.5, 0.6) is 0 Å². The molecular formula is C16H16ClFN2O. The van der Waals surface area contributed by atoms with E-state index in [1.807, 2.05) is 12.1 Å². The average molecular weight is 307 g/mol. The van der Waals surface area contributed by atoms with Gasteiger partial charge in [-0.25, -0.2) is 4.39 Å². The number of halogens is 2. The van der Waals surface area contributed by atoms with E-state index < -0.39 is 0 Å². The highest BCUT2D eigenvalue weighted by molar-refractivity contribution is 6.30. The van der Waals surface area contributed by atoms with Crippen LogP contribution in [0.25, 0.3) is 0 Å². The molecule has 0 aliphatic carbocycles. The van der Waals surface area contributed by atoms with Crippen LogP contribution in [0.3, 0.4) is 0 Å². The van der Waals surface area contributed by atoms with E-state index in [-0.39, 0.29) is 16.7 Å². The third-order valence-electron chi connectivity index (χ3n) is 3.12. The van der Waals surface area contributed by atoms with Crippen molar-refractivity contribution in [1.29, 1.82) is 0 Å². The topological polar surface area (TPSA) is 41.1 Å². The molecule has 0 radical (unpaired) electrons. The van der Waals surface area contributed by atoms with Crippen LogP contribution in [0, 0.1) is 5.82 Å². The summed E-state index contributed by atoms with van der Waals surface area (Å²) in [4.78, 5) is 11.4. The first kappa shape index (κ1) is 15.5. The third-order valence-corrected chi connectivity index (χ3v) is 3.41. The van der Waals surface area contributed by atoms with Crippen LogP contribution in [0.4, 0.5) is 4.39 Å². The summed E-state index contributed by atoms with van der Waals surface area (Å²) >= 11 is 5.73. The Morgan fingerprint density at radius 3 is 2.52 bits per heavy atom. The van der Waals surface area contributed by atoms with Gasteiger partial charge in [-0.15, -0.1) is 0 Å². The smallest absolute Gasteiger partial charge is 0.251 e. The maximum Gasteiger partial charge on any atom is 0.251 e. The summed E-state index contributed by atoms with van der Waals surface area (Å²) in [7, 11) is 1.59. The minimum Gasteiger partial charge on any atom is -0.355 e. The zero-order chi connectivity index (χ0) is 15.2. The van der Waals surface area contributed by atoms with Gasteiger partial charge >= 0.3 is 0 Å². The van der Waals surface area contributed by atoms with Gasteiger partial charge < -0.3 is 10.6 Å². The van der Waals surface area contributed by atoms with Crippen molar-refractivity contribution in [1.82, 2.24) is 10.6 Å². The largest absolute Gasteiger partial charge is 0.355 e.